The number of ether oxygens (including phenoxy) is 3. The zero-order chi connectivity index (χ0) is 35.4. The molecule has 0 fully saturated rings. The van der Waals surface area contributed by atoms with E-state index in [2.05, 4.69) is 37.4 Å². The maximum absolute atomic E-state index is 12.4. The number of nitrogen functional groups attached to an aromatic ring is 1. The van der Waals surface area contributed by atoms with Gasteiger partial charge in [-0.15, -0.1) is 22.7 Å². The molecular formula is C35H34N8O5S2. The van der Waals surface area contributed by atoms with Gasteiger partial charge in [0.25, 0.3) is 0 Å². The zero-order valence-corrected chi connectivity index (χ0v) is 29.4. The van der Waals surface area contributed by atoms with Gasteiger partial charge in [0.1, 0.15) is 30.5 Å². The largest absolute Gasteiger partial charge is 0.471 e. The van der Waals surface area contributed by atoms with Crippen molar-refractivity contribution >= 4 is 83.1 Å². The molecule has 0 spiro atoms. The molecule has 4 N–H and O–H groups in total. The van der Waals surface area contributed by atoms with E-state index < -0.39 is 17.7 Å². The summed E-state index contributed by atoms with van der Waals surface area (Å²) in [6.07, 6.45) is 2.59. The van der Waals surface area contributed by atoms with Gasteiger partial charge in [-0.05, 0) is 56.2 Å². The van der Waals surface area contributed by atoms with Crippen LogP contribution in [0.25, 0.3) is 36.7 Å². The van der Waals surface area contributed by atoms with Crippen LogP contribution in [0.2, 0.25) is 0 Å². The third-order valence-corrected chi connectivity index (χ3v) is 9.72. The van der Waals surface area contributed by atoms with E-state index in [0.29, 0.717) is 30.1 Å². The molecule has 50 heavy (non-hydrogen) atoms. The lowest BCUT2D eigenvalue weighted by Crippen LogP contribution is -2.28. The highest BCUT2D eigenvalue weighted by Crippen LogP contribution is 2.41. The summed E-state index contributed by atoms with van der Waals surface area (Å²) in [5, 5.41) is 13.4. The third kappa shape index (κ3) is 8.11. The van der Waals surface area contributed by atoms with Crippen molar-refractivity contribution < 1.29 is 23.8 Å². The van der Waals surface area contributed by atoms with Crippen LogP contribution in [0, 0.1) is 11.3 Å². The number of carbonyl (C=O) groups is 2. The summed E-state index contributed by atoms with van der Waals surface area (Å²) < 4.78 is 19.9. The molecule has 0 unspecified atom stereocenters. The highest BCUT2D eigenvalue weighted by atomic mass is 32.1. The van der Waals surface area contributed by atoms with Gasteiger partial charge in [0.2, 0.25) is 11.8 Å². The van der Waals surface area contributed by atoms with Crippen LogP contribution in [0.3, 0.4) is 0 Å². The van der Waals surface area contributed by atoms with Crippen molar-refractivity contribution in [3.63, 3.8) is 0 Å². The van der Waals surface area contributed by atoms with E-state index in [9.17, 15) is 14.9 Å². The van der Waals surface area contributed by atoms with Crippen LogP contribution in [0.15, 0.2) is 60.4 Å². The normalized spacial score (nSPS) is 11.9. The average Bonchev–Trinajstić information content (AvgIpc) is 3.79. The van der Waals surface area contributed by atoms with Gasteiger partial charge < -0.3 is 35.1 Å². The standard InChI is InChI=1S/C35H34N8O5S2/c1-35(2,3)48-32(44)22(16-36)13-24-15-27-29(49-24)25-10-9-23(14-26(25)50-27)43(4)11-12-46-34(45)38-17-20-5-7-21(8-6-20)18-47-31-28-30(40-19-39-28)41-33(37)42-31/h5-10,13-15,19H,11-12,17-18H2,1-4H3,(H,38,45)(H3,37,39,40,41,42)/b22-13-. The molecule has 0 aliphatic rings. The fraction of sp³-hybridized carbons (Fsp3) is 0.257. The predicted molar refractivity (Wildman–Crippen MR) is 195 cm³/mol. The minimum absolute atomic E-state index is 0.0299. The van der Waals surface area contributed by atoms with Crippen molar-refractivity contribution in [2.75, 3.05) is 30.8 Å². The first-order valence-electron chi connectivity index (χ1n) is 15.6. The second-order valence-electron chi connectivity index (χ2n) is 12.3. The predicted octanol–water partition coefficient (Wildman–Crippen LogP) is 6.55. The molecule has 1 amide bonds. The van der Waals surface area contributed by atoms with Crippen LogP contribution in [0.5, 0.6) is 5.88 Å². The SMILES string of the molecule is CN(CCOC(=O)NCc1ccc(COc2nc(N)nc3[nH]cnc23)cc1)c1ccc2c(c1)sc1cc(/C=C(/C#N)C(=O)OC(C)(C)C)sc12. The Morgan fingerprint density at radius 1 is 1.08 bits per heavy atom. The number of alkyl carbamates (subject to hydrolysis) is 1. The highest BCUT2D eigenvalue weighted by Gasteiger charge is 2.21. The van der Waals surface area contributed by atoms with Crippen LogP contribution >= 0.6 is 22.7 Å². The molecule has 0 bridgehead atoms. The van der Waals surface area contributed by atoms with Gasteiger partial charge in [-0.2, -0.15) is 15.2 Å². The van der Waals surface area contributed by atoms with Crippen LogP contribution in [0.1, 0.15) is 36.8 Å². The number of hydrogen-bond donors (Lipinski definition) is 3. The lowest BCUT2D eigenvalue weighted by molar-refractivity contribution is -0.149. The number of amides is 1. The Balaban J connectivity index is 0.967. The Morgan fingerprint density at radius 2 is 1.86 bits per heavy atom. The summed E-state index contributed by atoms with van der Waals surface area (Å²) in [5.74, 6) is -0.234. The Morgan fingerprint density at radius 3 is 2.62 bits per heavy atom. The number of esters is 1. The maximum Gasteiger partial charge on any atom is 0.407 e. The van der Waals surface area contributed by atoms with Crippen LogP contribution in [0.4, 0.5) is 16.4 Å². The number of imidazole rings is 1. The molecule has 6 rings (SSSR count). The monoisotopic (exact) mass is 710 g/mol. The number of nitrogens with zero attached hydrogens (tertiary/aromatic N) is 5. The van der Waals surface area contributed by atoms with E-state index in [-0.39, 0.29) is 24.7 Å². The van der Waals surface area contributed by atoms with E-state index in [1.54, 1.807) is 38.2 Å². The summed E-state index contributed by atoms with van der Waals surface area (Å²) in [4.78, 5) is 42.9. The summed E-state index contributed by atoms with van der Waals surface area (Å²) in [6.45, 7) is 6.60. The first kappa shape index (κ1) is 34.2. The lowest BCUT2D eigenvalue weighted by atomic mass is 10.1. The molecule has 15 heteroatoms. The number of nitriles is 1. The first-order valence-corrected chi connectivity index (χ1v) is 17.2. The Kier molecular flexibility index (Phi) is 9.84. The van der Waals surface area contributed by atoms with E-state index in [1.165, 1.54) is 17.7 Å². The number of H-pyrrole nitrogens is 1. The van der Waals surface area contributed by atoms with Crippen molar-refractivity contribution in [1.82, 2.24) is 25.3 Å². The van der Waals surface area contributed by atoms with Crippen molar-refractivity contribution in [1.29, 1.82) is 5.26 Å². The smallest absolute Gasteiger partial charge is 0.407 e. The number of benzene rings is 2. The minimum Gasteiger partial charge on any atom is -0.471 e. The van der Waals surface area contributed by atoms with Gasteiger partial charge in [-0.25, -0.2) is 14.6 Å². The van der Waals surface area contributed by atoms with Crippen molar-refractivity contribution in [3.8, 4) is 11.9 Å². The molecule has 0 radical (unpaired) electrons. The first-order chi connectivity index (χ1) is 24.0. The molecule has 0 aliphatic carbocycles. The van der Waals surface area contributed by atoms with Crippen molar-refractivity contribution in [3.05, 3.63) is 76.4 Å². The van der Waals surface area contributed by atoms with E-state index in [1.807, 2.05) is 54.4 Å². The number of fused-ring (bicyclic) bond motifs is 4. The number of aromatic amines is 1. The quantitative estimate of drug-likeness (QED) is 0.0753. The topological polar surface area (TPSA) is 181 Å². The molecular weight excluding hydrogens is 677 g/mol. The minimum atomic E-state index is -0.680. The summed E-state index contributed by atoms with van der Waals surface area (Å²) in [7, 11) is 1.95. The van der Waals surface area contributed by atoms with Gasteiger partial charge in [-0.3, -0.25) is 0 Å². The zero-order valence-electron chi connectivity index (χ0n) is 27.8. The Hall–Kier alpha value is -5.72. The lowest BCUT2D eigenvalue weighted by Gasteiger charge is -2.19. The number of carbonyl (C=O) groups excluding carboxylic acids is 2. The number of nitrogens with two attached hydrogens (primary N) is 1. The van der Waals surface area contributed by atoms with Gasteiger partial charge >= 0.3 is 12.1 Å². The summed E-state index contributed by atoms with van der Waals surface area (Å²) in [6, 6.07) is 17.8. The van der Waals surface area contributed by atoms with Crippen LogP contribution in [-0.2, 0) is 27.4 Å². The van der Waals surface area contributed by atoms with E-state index in [0.717, 1.165) is 41.2 Å². The summed E-state index contributed by atoms with van der Waals surface area (Å²) in [5.41, 5.74) is 8.86. The average molecular weight is 711 g/mol. The molecule has 13 nitrogen and oxygen atoms in total. The van der Waals surface area contributed by atoms with Gasteiger partial charge in [0.05, 0.1) is 17.6 Å². The number of hydrogen-bond acceptors (Lipinski definition) is 13. The number of likely N-dealkylation sites (N-methyl/N-ethyl adjacent to an activating group) is 1. The maximum atomic E-state index is 12.4. The number of thiophene rings is 2. The molecule has 2 aromatic carbocycles. The molecule has 256 valence electrons. The molecule has 4 heterocycles. The van der Waals surface area contributed by atoms with Crippen LogP contribution in [-0.4, -0.2) is 57.8 Å². The number of rotatable bonds is 11. The molecule has 0 atom stereocenters. The molecule has 0 aliphatic heterocycles. The Bertz CT molecular complexity index is 2260. The van der Waals surface area contributed by atoms with Crippen molar-refractivity contribution in [2.45, 2.75) is 39.5 Å². The number of anilines is 2. The molecule has 6 aromatic rings. The van der Waals surface area contributed by atoms with E-state index >= 15 is 0 Å². The molecule has 4 aromatic heterocycles. The molecule has 0 saturated heterocycles. The second kappa shape index (κ2) is 14.4. The Labute approximate surface area is 295 Å². The van der Waals surface area contributed by atoms with E-state index in [4.69, 9.17) is 19.9 Å². The second-order valence-corrected chi connectivity index (χ2v) is 14.5. The molecule has 0 saturated carbocycles. The van der Waals surface area contributed by atoms with Gasteiger partial charge in [0.15, 0.2) is 11.2 Å². The third-order valence-electron chi connectivity index (χ3n) is 7.37. The highest BCUT2D eigenvalue weighted by molar-refractivity contribution is 7.33. The van der Waals surface area contributed by atoms with Gasteiger partial charge in [-0.1, -0.05) is 30.3 Å². The van der Waals surface area contributed by atoms with Crippen molar-refractivity contribution in [2.24, 2.45) is 0 Å². The number of nitrogens with one attached hydrogen (secondary N) is 2. The summed E-state index contributed by atoms with van der Waals surface area (Å²) >= 11 is 3.17. The number of aromatic nitrogens is 4. The fourth-order valence-corrected chi connectivity index (χ4v) is 7.45. The van der Waals surface area contributed by atoms with Crippen LogP contribution < -0.4 is 20.7 Å². The fourth-order valence-electron chi connectivity index (χ4n) is 4.94. The van der Waals surface area contributed by atoms with Gasteiger partial charge in [0, 0.05) is 38.9 Å².